The van der Waals surface area contributed by atoms with Crippen LogP contribution in [-0.4, -0.2) is 55.6 Å². The average Bonchev–Trinajstić information content (AvgIpc) is 2.46. The molecule has 2 rings (SSSR count). The highest BCUT2D eigenvalue weighted by atomic mass is 16.5. The van der Waals surface area contributed by atoms with Crippen LogP contribution in [0, 0.1) is 0 Å². The van der Waals surface area contributed by atoms with Gasteiger partial charge in [-0.15, -0.1) is 0 Å². The number of carbonyl (C=O) groups is 1. The molecule has 0 radical (unpaired) electrons. The third-order valence-corrected chi connectivity index (χ3v) is 3.49. The van der Waals surface area contributed by atoms with Crippen molar-refractivity contribution in [2.45, 2.75) is 13.0 Å². The summed E-state index contributed by atoms with van der Waals surface area (Å²) in [6, 6.07) is 10.5. The summed E-state index contributed by atoms with van der Waals surface area (Å²) < 4.78 is 4.95. The maximum atomic E-state index is 11.8. The second-order valence-electron chi connectivity index (χ2n) is 4.89. The molecule has 4 heteroatoms. The summed E-state index contributed by atoms with van der Waals surface area (Å²) in [5, 5.41) is 0. The van der Waals surface area contributed by atoms with Gasteiger partial charge in [0.05, 0.1) is 13.0 Å². The molecule has 0 N–H and O–H groups in total. The monoisotopic (exact) mass is 262 g/mol. The quantitative estimate of drug-likeness (QED) is 0.803. The van der Waals surface area contributed by atoms with Crippen LogP contribution in [0.2, 0.25) is 0 Å². The zero-order valence-corrected chi connectivity index (χ0v) is 11.5. The Morgan fingerprint density at radius 1 is 1.16 bits per heavy atom. The van der Waals surface area contributed by atoms with Crippen molar-refractivity contribution in [3.05, 3.63) is 35.9 Å². The zero-order chi connectivity index (χ0) is 13.5. The Morgan fingerprint density at radius 2 is 1.84 bits per heavy atom. The van der Waals surface area contributed by atoms with E-state index in [0.717, 1.165) is 32.7 Å². The molecule has 1 aliphatic heterocycles. The number of benzene rings is 1. The molecule has 4 nitrogen and oxygen atoms in total. The lowest BCUT2D eigenvalue weighted by Gasteiger charge is -2.34. The van der Waals surface area contributed by atoms with Crippen LogP contribution < -0.4 is 0 Å². The van der Waals surface area contributed by atoms with Gasteiger partial charge in [0.1, 0.15) is 0 Å². The number of hydrogen-bond acceptors (Lipinski definition) is 3. The summed E-state index contributed by atoms with van der Waals surface area (Å²) in [5.74, 6) is 0.209. The third-order valence-electron chi connectivity index (χ3n) is 3.49. The Morgan fingerprint density at radius 3 is 2.47 bits per heavy atom. The highest BCUT2D eigenvalue weighted by Crippen LogP contribution is 2.09. The molecule has 0 bridgehead atoms. The Bertz CT molecular complexity index is 386. The lowest BCUT2D eigenvalue weighted by Crippen LogP contribution is -2.48. The predicted octanol–water partition coefficient (Wildman–Crippen LogP) is 1.37. The van der Waals surface area contributed by atoms with Gasteiger partial charge in [-0.25, -0.2) is 0 Å². The zero-order valence-electron chi connectivity index (χ0n) is 11.5. The standard InChI is InChI=1S/C15H22N2O2/c1-19-12-7-15(18)17-10-8-16(9-11-17)13-14-5-3-2-4-6-14/h2-6H,7-13H2,1H3. The smallest absolute Gasteiger partial charge is 0.224 e. The van der Waals surface area contributed by atoms with Crippen LogP contribution in [0.3, 0.4) is 0 Å². The summed E-state index contributed by atoms with van der Waals surface area (Å²) in [6.45, 7) is 5.05. The lowest BCUT2D eigenvalue weighted by molar-refractivity contribution is -0.133. The lowest BCUT2D eigenvalue weighted by atomic mass is 10.2. The van der Waals surface area contributed by atoms with E-state index in [4.69, 9.17) is 4.74 Å². The van der Waals surface area contributed by atoms with Gasteiger partial charge in [0.25, 0.3) is 0 Å². The number of methoxy groups -OCH3 is 1. The van der Waals surface area contributed by atoms with Crippen molar-refractivity contribution in [1.29, 1.82) is 0 Å². The minimum Gasteiger partial charge on any atom is -0.384 e. The molecular formula is C15H22N2O2. The second kappa shape index (κ2) is 7.26. The maximum absolute atomic E-state index is 11.8. The van der Waals surface area contributed by atoms with Crippen molar-refractivity contribution in [2.75, 3.05) is 39.9 Å². The van der Waals surface area contributed by atoms with Gasteiger partial charge < -0.3 is 9.64 Å². The number of piperazine rings is 1. The van der Waals surface area contributed by atoms with Crippen LogP contribution in [0.4, 0.5) is 0 Å². The molecule has 0 aliphatic carbocycles. The van der Waals surface area contributed by atoms with E-state index in [2.05, 4.69) is 29.2 Å². The van der Waals surface area contributed by atoms with E-state index < -0.39 is 0 Å². The molecule has 1 aromatic rings. The van der Waals surface area contributed by atoms with Gasteiger partial charge >= 0.3 is 0 Å². The van der Waals surface area contributed by atoms with Gasteiger partial charge in [-0.2, -0.15) is 0 Å². The number of nitrogens with zero attached hydrogens (tertiary/aromatic N) is 2. The Labute approximate surface area is 115 Å². The first-order valence-corrected chi connectivity index (χ1v) is 6.82. The second-order valence-corrected chi connectivity index (χ2v) is 4.89. The third kappa shape index (κ3) is 4.33. The average molecular weight is 262 g/mol. The topological polar surface area (TPSA) is 32.8 Å². The molecule has 1 aromatic carbocycles. The van der Waals surface area contributed by atoms with Gasteiger partial charge in [0.15, 0.2) is 0 Å². The van der Waals surface area contributed by atoms with Gasteiger partial charge in [-0.1, -0.05) is 30.3 Å². The van der Waals surface area contributed by atoms with Crippen LogP contribution in [0.25, 0.3) is 0 Å². The summed E-state index contributed by atoms with van der Waals surface area (Å²) >= 11 is 0. The first-order chi connectivity index (χ1) is 9.29. The highest BCUT2D eigenvalue weighted by molar-refractivity contribution is 5.76. The van der Waals surface area contributed by atoms with Crippen molar-refractivity contribution in [2.24, 2.45) is 0 Å². The molecule has 104 valence electrons. The molecule has 1 aliphatic rings. The maximum Gasteiger partial charge on any atom is 0.224 e. The largest absolute Gasteiger partial charge is 0.384 e. The van der Waals surface area contributed by atoms with Gasteiger partial charge in [-0.3, -0.25) is 9.69 Å². The minimum absolute atomic E-state index is 0.209. The Balaban J connectivity index is 1.75. The molecule has 1 amide bonds. The van der Waals surface area contributed by atoms with Gasteiger partial charge in [0.2, 0.25) is 5.91 Å². The molecule has 0 atom stereocenters. The minimum atomic E-state index is 0.209. The van der Waals surface area contributed by atoms with Crippen LogP contribution in [0.1, 0.15) is 12.0 Å². The number of ether oxygens (including phenoxy) is 1. The highest BCUT2D eigenvalue weighted by Gasteiger charge is 2.20. The predicted molar refractivity (Wildman–Crippen MR) is 74.8 cm³/mol. The normalized spacial score (nSPS) is 16.6. The van der Waals surface area contributed by atoms with Crippen LogP contribution in [0.5, 0.6) is 0 Å². The SMILES string of the molecule is COCCC(=O)N1CCN(Cc2ccccc2)CC1. The fourth-order valence-corrected chi connectivity index (χ4v) is 2.34. The number of rotatable bonds is 5. The van der Waals surface area contributed by atoms with Crippen molar-refractivity contribution in [1.82, 2.24) is 9.80 Å². The molecule has 0 saturated carbocycles. The van der Waals surface area contributed by atoms with Crippen LogP contribution in [0.15, 0.2) is 30.3 Å². The number of amides is 1. The molecular weight excluding hydrogens is 240 g/mol. The molecule has 0 unspecified atom stereocenters. The molecule has 0 spiro atoms. The van der Waals surface area contributed by atoms with Crippen molar-refractivity contribution >= 4 is 5.91 Å². The number of hydrogen-bond donors (Lipinski definition) is 0. The summed E-state index contributed by atoms with van der Waals surface area (Å²) in [5.41, 5.74) is 1.33. The fraction of sp³-hybridized carbons (Fsp3) is 0.533. The first-order valence-electron chi connectivity index (χ1n) is 6.82. The van der Waals surface area contributed by atoms with E-state index in [1.54, 1.807) is 7.11 Å². The molecule has 1 fully saturated rings. The van der Waals surface area contributed by atoms with E-state index in [9.17, 15) is 4.79 Å². The van der Waals surface area contributed by atoms with E-state index in [1.807, 2.05) is 11.0 Å². The molecule has 0 aromatic heterocycles. The van der Waals surface area contributed by atoms with Gasteiger partial charge in [-0.05, 0) is 5.56 Å². The Kier molecular flexibility index (Phi) is 5.36. The fourth-order valence-electron chi connectivity index (χ4n) is 2.34. The van der Waals surface area contributed by atoms with Crippen molar-refractivity contribution in [3.8, 4) is 0 Å². The van der Waals surface area contributed by atoms with Crippen molar-refractivity contribution < 1.29 is 9.53 Å². The molecule has 1 saturated heterocycles. The first kappa shape index (κ1) is 14.0. The summed E-state index contributed by atoms with van der Waals surface area (Å²) in [6.07, 6.45) is 0.495. The van der Waals surface area contributed by atoms with Crippen molar-refractivity contribution in [3.63, 3.8) is 0 Å². The summed E-state index contributed by atoms with van der Waals surface area (Å²) in [7, 11) is 1.63. The summed E-state index contributed by atoms with van der Waals surface area (Å²) in [4.78, 5) is 16.2. The van der Waals surface area contributed by atoms with E-state index in [1.165, 1.54) is 5.56 Å². The number of carbonyl (C=O) groups excluding carboxylic acids is 1. The van der Waals surface area contributed by atoms with E-state index in [-0.39, 0.29) is 5.91 Å². The Hall–Kier alpha value is -1.39. The van der Waals surface area contributed by atoms with E-state index >= 15 is 0 Å². The van der Waals surface area contributed by atoms with E-state index in [0.29, 0.717) is 13.0 Å². The van der Waals surface area contributed by atoms with Gasteiger partial charge in [0, 0.05) is 39.8 Å². The molecule has 1 heterocycles. The van der Waals surface area contributed by atoms with Crippen LogP contribution in [-0.2, 0) is 16.1 Å². The van der Waals surface area contributed by atoms with Crippen LogP contribution >= 0.6 is 0 Å². The molecule has 19 heavy (non-hydrogen) atoms.